The first-order valence-electron chi connectivity index (χ1n) is 6.71. The van der Waals surface area contributed by atoms with Crippen molar-refractivity contribution < 1.29 is 9.53 Å². The van der Waals surface area contributed by atoms with Crippen molar-refractivity contribution in [3.63, 3.8) is 0 Å². The van der Waals surface area contributed by atoms with Crippen molar-refractivity contribution in [1.82, 2.24) is 9.78 Å². The average Bonchev–Trinajstić information content (AvgIpc) is 2.80. The topological polar surface area (TPSA) is 68.2 Å². The molecule has 0 fully saturated rings. The molecule has 21 heavy (non-hydrogen) atoms. The number of anilines is 2. The molecule has 0 aliphatic heterocycles. The van der Waals surface area contributed by atoms with Gasteiger partial charge in [0.1, 0.15) is 0 Å². The van der Waals surface area contributed by atoms with E-state index in [-0.39, 0.29) is 6.04 Å². The molecule has 0 aliphatic carbocycles. The van der Waals surface area contributed by atoms with E-state index in [1.165, 1.54) is 7.11 Å². The third-order valence-electron chi connectivity index (χ3n) is 3.22. The lowest BCUT2D eigenvalue weighted by Gasteiger charge is -2.15. The third-order valence-corrected chi connectivity index (χ3v) is 3.22. The number of rotatable bonds is 4. The van der Waals surface area contributed by atoms with E-state index in [9.17, 15) is 4.79 Å². The van der Waals surface area contributed by atoms with Gasteiger partial charge in [0.2, 0.25) is 0 Å². The van der Waals surface area contributed by atoms with Crippen LogP contribution in [0.4, 0.5) is 16.2 Å². The van der Waals surface area contributed by atoms with Gasteiger partial charge in [-0.25, -0.2) is 4.79 Å². The van der Waals surface area contributed by atoms with Gasteiger partial charge >= 0.3 is 6.09 Å². The number of aryl methyl sites for hydroxylation is 2. The van der Waals surface area contributed by atoms with E-state index < -0.39 is 6.09 Å². The Balaban J connectivity index is 2.03. The summed E-state index contributed by atoms with van der Waals surface area (Å²) in [5.74, 6) is 0. The number of aromatic nitrogens is 2. The molecule has 1 aromatic heterocycles. The number of hydrogen-bond acceptors (Lipinski definition) is 4. The summed E-state index contributed by atoms with van der Waals surface area (Å²) in [5.41, 5.74) is 3.84. The number of hydrogen-bond donors (Lipinski definition) is 2. The average molecular weight is 288 g/mol. The number of nitrogens with one attached hydrogen (secondary N) is 2. The second kappa shape index (κ2) is 6.30. The summed E-state index contributed by atoms with van der Waals surface area (Å²) in [6.07, 6.45) is 1.54. The van der Waals surface area contributed by atoms with E-state index in [4.69, 9.17) is 0 Å². The molecule has 2 N–H and O–H groups in total. The standard InChI is InChI=1S/C15H20N4O2/c1-10(14-9-19(3)18-11(14)2)16-12-5-7-13(8-6-12)17-15(20)21-4/h5-10,16H,1-4H3,(H,17,20). The molecule has 1 amide bonds. The first-order chi connectivity index (χ1) is 9.99. The molecule has 1 unspecified atom stereocenters. The van der Waals surface area contributed by atoms with Crippen molar-refractivity contribution in [2.24, 2.45) is 7.05 Å². The largest absolute Gasteiger partial charge is 0.453 e. The summed E-state index contributed by atoms with van der Waals surface area (Å²) < 4.78 is 6.36. The molecule has 1 aromatic carbocycles. The van der Waals surface area contributed by atoms with Crippen molar-refractivity contribution in [3.8, 4) is 0 Å². The first-order valence-corrected chi connectivity index (χ1v) is 6.71. The summed E-state index contributed by atoms with van der Waals surface area (Å²) in [5, 5.41) is 10.4. The monoisotopic (exact) mass is 288 g/mol. The molecular weight excluding hydrogens is 268 g/mol. The van der Waals surface area contributed by atoms with E-state index in [0.29, 0.717) is 5.69 Å². The molecule has 1 heterocycles. The van der Waals surface area contributed by atoms with Gasteiger partial charge in [-0.15, -0.1) is 0 Å². The second-order valence-electron chi connectivity index (χ2n) is 4.90. The molecular formula is C15H20N4O2. The Morgan fingerprint density at radius 2 is 1.90 bits per heavy atom. The number of methoxy groups -OCH3 is 1. The molecule has 0 aliphatic rings. The fourth-order valence-electron chi connectivity index (χ4n) is 2.19. The molecule has 0 radical (unpaired) electrons. The highest BCUT2D eigenvalue weighted by Crippen LogP contribution is 2.22. The molecule has 0 saturated carbocycles. The molecule has 112 valence electrons. The number of ether oxygens (including phenoxy) is 1. The summed E-state index contributed by atoms with van der Waals surface area (Å²) >= 11 is 0. The predicted octanol–water partition coefficient (Wildman–Crippen LogP) is 3.08. The van der Waals surface area contributed by atoms with Gasteiger partial charge in [-0.05, 0) is 38.1 Å². The number of benzene rings is 1. The van der Waals surface area contributed by atoms with Crippen LogP contribution in [-0.4, -0.2) is 23.0 Å². The van der Waals surface area contributed by atoms with Crippen LogP contribution in [-0.2, 0) is 11.8 Å². The quantitative estimate of drug-likeness (QED) is 0.907. The number of amides is 1. The Morgan fingerprint density at radius 3 is 2.43 bits per heavy atom. The van der Waals surface area contributed by atoms with E-state index in [1.807, 2.05) is 49.1 Å². The van der Waals surface area contributed by atoms with Gasteiger partial charge < -0.3 is 10.1 Å². The van der Waals surface area contributed by atoms with E-state index >= 15 is 0 Å². The third kappa shape index (κ3) is 3.75. The molecule has 0 bridgehead atoms. The number of carbonyl (C=O) groups excluding carboxylic acids is 1. The van der Waals surface area contributed by atoms with Gasteiger partial charge in [0.05, 0.1) is 18.8 Å². The minimum Gasteiger partial charge on any atom is -0.453 e. The Kier molecular flexibility index (Phi) is 4.47. The van der Waals surface area contributed by atoms with Crippen LogP contribution in [0.5, 0.6) is 0 Å². The minimum atomic E-state index is -0.477. The van der Waals surface area contributed by atoms with Gasteiger partial charge in [0.25, 0.3) is 0 Å². The highest BCUT2D eigenvalue weighted by Gasteiger charge is 2.11. The van der Waals surface area contributed by atoms with Crippen molar-refractivity contribution in [2.75, 3.05) is 17.7 Å². The van der Waals surface area contributed by atoms with E-state index in [2.05, 4.69) is 27.4 Å². The summed E-state index contributed by atoms with van der Waals surface area (Å²) in [7, 11) is 3.25. The minimum absolute atomic E-state index is 0.151. The second-order valence-corrected chi connectivity index (χ2v) is 4.90. The zero-order valence-corrected chi connectivity index (χ0v) is 12.7. The maximum Gasteiger partial charge on any atom is 0.411 e. The maximum absolute atomic E-state index is 11.1. The normalized spacial score (nSPS) is 11.8. The number of nitrogens with zero attached hydrogens (tertiary/aromatic N) is 2. The summed E-state index contributed by atoms with van der Waals surface area (Å²) in [4.78, 5) is 11.1. The molecule has 6 heteroatoms. The SMILES string of the molecule is COC(=O)Nc1ccc(NC(C)c2cn(C)nc2C)cc1. The molecule has 2 rings (SSSR count). The Labute approximate surface area is 124 Å². The van der Waals surface area contributed by atoms with E-state index in [1.54, 1.807) is 0 Å². The van der Waals surface area contributed by atoms with Gasteiger partial charge in [-0.3, -0.25) is 10.00 Å². The van der Waals surface area contributed by atoms with Crippen molar-refractivity contribution in [1.29, 1.82) is 0 Å². The molecule has 6 nitrogen and oxygen atoms in total. The summed E-state index contributed by atoms with van der Waals surface area (Å²) in [6.45, 7) is 4.08. The van der Waals surface area contributed by atoms with Crippen LogP contribution in [0.3, 0.4) is 0 Å². The van der Waals surface area contributed by atoms with E-state index in [0.717, 1.165) is 16.9 Å². The van der Waals surface area contributed by atoms with Gasteiger partial charge in [0, 0.05) is 30.2 Å². The lowest BCUT2D eigenvalue weighted by atomic mass is 10.1. The van der Waals surface area contributed by atoms with Crippen molar-refractivity contribution >= 4 is 17.5 Å². The van der Waals surface area contributed by atoms with Gasteiger partial charge in [0.15, 0.2) is 0 Å². The predicted molar refractivity (Wildman–Crippen MR) is 82.5 cm³/mol. The van der Waals surface area contributed by atoms with Crippen LogP contribution in [0.2, 0.25) is 0 Å². The molecule has 0 saturated heterocycles. The highest BCUT2D eigenvalue weighted by molar-refractivity contribution is 5.84. The lowest BCUT2D eigenvalue weighted by molar-refractivity contribution is 0.187. The van der Waals surface area contributed by atoms with Crippen molar-refractivity contribution in [3.05, 3.63) is 41.7 Å². The Morgan fingerprint density at radius 1 is 1.29 bits per heavy atom. The van der Waals surface area contributed by atoms with Crippen molar-refractivity contribution in [2.45, 2.75) is 19.9 Å². The van der Waals surface area contributed by atoms with Crippen LogP contribution in [0.25, 0.3) is 0 Å². The Hall–Kier alpha value is -2.50. The van der Waals surface area contributed by atoms with Gasteiger partial charge in [-0.1, -0.05) is 0 Å². The molecule has 1 atom stereocenters. The zero-order valence-electron chi connectivity index (χ0n) is 12.7. The highest BCUT2D eigenvalue weighted by atomic mass is 16.5. The number of carbonyl (C=O) groups is 1. The fourth-order valence-corrected chi connectivity index (χ4v) is 2.19. The smallest absolute Gasteiger partial charge is 0.411 e. The van der Waals surface area contributed by atoms with Crippen LogP contribution in [0.15, 0.2) is 30.5 Å². The zero-order chi connectivity index (χ0) is 15.4. The van der Waals surface area contributed by atoms with Crippen LogP contribution < -0.4 is 10.6 Å². The lowest BCUT2D eigenvalue weighted by Crippen LogP contribution is -2.11. The Bertz CT molecular complexity index is 619. The summed E-state index contributed by atoms with van der Waals surface area (Å²) in [6, 6.07) is 7.61. The van der Waals surface area contributed by atoms with Crippen LogP contribution in [0, 0.1) is 6.92 Å². The maximum atomic E-state index is 11.1. The van der Waals surface area contributed by atoms with Gasteiger partial charge in [-0.2, -0.15) is 5.10 Å². The molecule has 2 aromatic rings. The molecule has 0 spiro atoms. The fraction of sp³-hybridized carbons (Fsp3) is 0.333. The van der Waals surface area contributed by atoms with Crippen LogP contribution in [0.1, 0.15) is 24.2 Å². The first kappa shape index (κ1) is 14.9. The van der Waals surface area contributed by atoms with Crippen LogP contribution >= 0.6 is 0 Å².